The summed E-state index contributed by atoms with van der Waals surface area (Å²) in [6.45, 7) is 8.10. The van der Waals surface area contributed by atoms with Gasteiger partial charge in [-0.05, 0) is 30.2 Å². The molecular formula is C21H28N4O2. The van der Waals surface area contributed by atoms with Gasteiger partial charge in [0.1, 0.15) is 11.6 Å². The Bertz CT molecular complexity index is 753. The second kappa shape index (κ2) is 8.75. The monoisotopic (exact) mass is 368 g/mol. The van der Waals surface area contributed by atoms with Crippen molar-refractivity contribution in [2.75, 3.05) is 50.1 Å². The minimum Gasteiger partial charge on any atom is -0.495 e. The molecule has 144 valence electrons. The molecule has 0 aliphatic carbocycles. The fourth-order valence-electron chi connectivity index (χ4n) is 3.16. The summed E-state index contributed by atoms with van der Waals surface area (Å²) in [4.78, 5) is 21.3. The lowest BCUT2D eigenvalue weighted by atomic mass is 10.2. The molecule has 1 aromatic carbocycles. The number of hydrogen-bond donors (Lipinski definition) is 1. The Morgan fingerprint density at radius 2 is 1.89 bits per heavy atom. The van der Waals surface area contributed by atoms with Gasteiger partial charge in [0, 0.05) is 38.9 Å². The lowest BCUT2D eigenvalue weighted by molar-refractivity contribution is 0.0746. The molecule has 6 heteroatoms. The van der Waals surface area contributed by atoms with Crippen LogP contribution in [0.3, 0.4) is 0 Å². The van der Waals surface area contributed by atoms with Gasteiger partial charge in [0.2, 0.25) is 0 Å². The Labute approximate surface area is 161 Å². The molecule has 1 aliphatic rings. The maximum Gasteiger partial charge on any atom is 0.255 e. The number of nitrogens with one attached hydrogen (secondary N) is 1. The van der Waals surface area contributed by atoms with Crippen LogP contribution in [0.2, 0.25) is 0 Å². The number of carbonyl (C=O) groups excluding carboxylic acids is 1. The maximum absolute atomic E-state index is 12.8. The lowest BCUT2D eigenvalue weighted by Crippen LogP contribution is -2.48. The largest absolute Gasteiger partial charge is 0.495 e. The normalized spacial score (nSPS) is 14.4. The first-order valence-electron chi connectivity index (χ1n) is 9.45. The molecule has 1 saturated heterocycles. The Balaban J connectivity index is 1.58. The molecule has 1 aromatic heterocycles. The predicted molar refractivity (Wildman–Crippen MR) is 109 cm³/mol. The third-order valence-corrected chi connectivity index (χ3v) is 4.69. The van der Waals surface area contributed by atoms with Crippen LogP contribution in [0.1, 0.15) is 24.2 Å². The maximum atomic E-state index is 12.8. The Kier molecular flexibility index (Phi) is 6.16. The number of rotatable bonds is 6. The minimum absolute atomic E-state index is 0.0394. The number of anilines is 2. The van der Waals surface area contributed by atoms with Crippen molar-refractivity contribution < 1.29 is 9.53 Å². The second-order valence-electron chi connectivity index (χ2n) is 7.16. The van der Waals surface area contributed by atoms with E-state index < -0.39 is 0 Å². The van der Waals surface area contributed by atoms with Crippen molar-refractivity contribution in [3.63, 3.8) is 0 Å². The number of aromatic nitrogens is 1. The molecule has 6 nitrogen and oxygen atoms in total. The highest BCUT2D eigenvalue weighted by Gasteiger charge is 2.23. The second-order valence-corrected chi connectivity index (χ2v) is 7.16. The number of piperazine rings is 1. The topological polar surface area (TPSA) is 57.7 Å². The summed E-state index contributed by atoms with van der Waals surface area (Å²) >= 11 is 0. The van der Waals surface area contributed by atoms with E-state index in [-0.39, 0.29) is 5.91 Å². The van der Waals surface area contributed by atoms with Crippen molar-refractivity contribution in [3.8, 4) is 5.75 Å². The number of para-hydroxylation sites is 2. The molecule has 3 rings (SSSR count). The SMILES string of the molecule is COc1ccccc1N1CCN(C(=O)c2ccc(NCC(C)C)nc2)CC1. The van der Waals surface area contributed by atoms with Crippen molar-refractivity contribution in [2.45, 2.75) is 13.8 Å². The van der Waals surface area contributed by atoms with Gasteiger partial charge < -0.3 is 19.9 Å². The molecule has 2 aromatic rings. The Morgan fingerprint density at radius 1 is 1.15 bits per heavy atom. The molecule has 1 aliphatic heterocycles. The summed E-state index contributed by atoms with van der Waals surface area (Å²) in [5.74, 6) is 2.26. The molecule has 0 spiro atoms. The van der Waals surface area contributed by atoms with E-state index in [2.05, 4.69) is 35.1 Å². The van der Waals surface area contributed by atoms with Gasteiger partial charge in [-0.3, -0.25) is 4.79 Å². The van der Waals surface area contributed by atoms with Gasteiger partial charge in [-0.25, -0.2) is 4.98 Å². The number of amides is 1. The number of benzene rings is 1. The quantitative estimate of drug-likeness (QED) is 0.849. The lowest BCUT2D eigenvalue weighted by Gasteiger charge is -2.36. The fourth-order valence-corrected chi connectivity index (χ4v) is 3.16. The van der Waals surface area contributed by atoms with Gasteiger partial charge >= 0.3 is 0 Å². The highest BCUT2D eigenvalue weighted by molar-refractivity contribution is 5.94. The van der Waals surface area contributed by atoms with E-state index in [0.717, 1.165) is 36.9 Å². The van der Waals surface area contributed by atoms with Gasteiger partial charge in [0.05, 0.1) is 18.4 Å². The number of hydrogen-bond acceptors (Lipinski definition) is 5. The van der Waals surface area contributed by atoms with Crippen LogP contribution in [-0.2, 0) is 0 Å². The van der Waals surface area contributed by atoms with E-state index in [1.807, 2.05) is 35.2 Å². The highest BCUT2D eigenvalue weighted by Crippen LogP contribution is 2.28. The molecule has 0 atom stereocenters. The first-order chi connectivity index (χ1) is 13.1. The zero-order valence-corrected chi connectivity index (χ0v) is 16.3. The van der Waals surface area contributed by atoms with Crippen LogP contribution >= 0.6 is 0 Å². The zero-order chi connectivity index (χ0) is 19.2. The van der Waals surface area contributed by atoms with Gasteiger partial charge in [-0.15, -0.1) is 0 Å². The fraction of sp³-hybridized carbons (Fsp3) is 0.429. The summed E-state index contributed by atoms with van der Waals surface area (Å²) in [5, 5.41) is 3.27. The average Bonchev–Trinajstić information content (AvgIpc) is 2.72. The van der Waals surface area contributed by atoms with Crippen LogP contribution in [0, 0.1) is 5.92 Å². The average molecular weight is 368 g/mol. The van der Waals surface area contributed by atoms with E-state index in [1.165, 1.54) is 0 Å². The smallest absolute Gasteiger partial charge is 0.255 e. The third-order valence-electron chi connectivity index (χ3n) is 4.69. The molecule has 0 saturated carbocycles. The van der Waals surface area contributed by atoms with Crippen LogP contribution in [0.5, 0.6) is 5.75 Å². The summed E-state index contributed by atoms with van der Waals surface area (Å²) < 4.78 is 5.45. The molecule has 1 amide bonds. The van der Waals surface area contributed by atoms with E-state index >= 15 is 0 Å². The Morgan fingerprint density at radius 3 is 2.52 bits per heavy atom. The molecule has 1 N–H and O–H groups in total. The first kappa shape index (κ1) is 19.0. The van der Waals surface area contributed by atoms with Crippen molar-refractivity contribution in [1.82, 2.24) is 9.88 Å². The Hall–Kier alpha value is -2.76. The summed E-state index contributed by atoms with van der Waals surface area (Å²) in [7, 11) is 1.69. The third kappa shape index (κ3) is 4.70. The standard InChI is InChI=1S/C21H28N4O2/c1-16(2)14-22-20-9-8-17(15-23-20)21(26)25-12-10-24(11-13-25)18-6-4-5-7-19(18)27-3/h4-9,15-16H,10-14H2,1-3H3,(H,22,23). The summed E-state index contributed by atoms with van der Waals surface area (Å²) in [6.07, 6.45) is 1.66. The highest BCUT2D eigenvalue weighted by atomic mass is 16.5. The molecule has 2 heterocycles. The van der Waals surface area contributed by atoms with Crippen LogP contribution in [0.15, 0.2) is 42.6 Å². The summed E-state index contributed by atoms with van der Waals surface area (Å²) in [6, 6.07) is 11.7. The van der Waals surface area contributed by atoms with E-state index in [4.69, 9.17) is 4.74 Å². The van der Waals surface area contributed by atoms with Crippen LogP contribution in [0.4, 0.5) is 11.5 Å². The number of nitrogens with zero attached hydrogens (tertiary/aromatic N) is 3. The number of pyridine rings is 1. The molecule has 27 heavy (non-hydrogen) atoms. The van der Waals surface area contributed by atoms with Gasteiger partial charge in [-0.2, -0.15) is 0 Å². The molecular weight excluding hydrogens is 340 g/mol. The van der Waals surface area contributed by atoms with Crippen LogP contribution in [0.25, 0.3) is 0 Å². The van der Waals surface area contributed by atoms with E-state index in [1.54, 1.807) is 13.3 Å². The first-order valence-corrected chi connectivity index (χ1v) is 9.45. The van der Waals surface area contributed by atoms with Crippen LogP contribution < -0.4 is 15.0 Å². The molecule has 0 unspecified atom stereocenters. The predicted octanol–water partition coefficient (Wildman–Crippen LogP) is 3.12. The van der Waals surface area contributed by atoms with Gasteiger partial charge in [0.25, 0.3) is 5.91 Å². The molecule has 1 fully saturated rings. The zero-order valence-electron chi connectivity index (χ0n) is 16.3. The molecule has 0 bridgehead atoms. The van der Waals surface area contributed by atoms with Crippen molar-refractivity contribution in [2.24, 2.45) is 5.92 Å². The number of carbonyl (C=O) groups is 1. The number of ether oxygens (including phenoxy) is 1. The number of methoxy groups -OCH3 is 1. The van der Waals surface area contributed by atoms with Gasteiger partial charge in [-0.1, -0.05) is 26.0 Å². The molecule has 0 radical (unpaired) electrons. The van der Waals surface area contributed by atoms with E-state index in [0.29, 0.717) is 24.6 Å². The van der Waals surface area contributed by atoms with Crippen molar-refractivity contribution in [1.29, 1.82) is 0 Å². The van der Waals surface area contributed by atoms with E-state index in [9.17, 15) is 4.79 Å². The van der Waals surface area contributed by atoms with Crippen molar-refractivity contribution >= 4 is 17.4 Å². The van der Waals surface area contributed by atoms with Gasteiger partial charge in [0.15, 0.2) is 0 Å². The van der Waals surface area contributed by atoms with Crippen molar-refractivity contribution in [3.05, 3.63) is 48.2 Å². The van der Waals surface area contributed by atoms with Crippen LogP contribution in [-0.4, -0.2) is 55.6 Å². The summed E-state index contributed by atoms with van der Waals surface area (Å²) in [5.41, 5.74) is 1.71. The minimum atomic E-state index is 0.0394.